The topological polar surface area (TPSA) is 82.5 Å². The first-order valence-electron chi connectivity index (χ1n) is 12.1. The molecule has 1 aromatic heterocycles. The fourth-order valence-corrected chi connectivity index (χ4v) is 3.78. The second-order valence-electron chi connectivity index (χ2n) is 9.57. The Morgan fingerprint density at radius 1 is 0.944 bits per heavy atom. The highest BCUT2D eigenvalue weighted by Crippen LogP contribution is 2.27. The third-order valence-corrected chi connectivity index (χ3v) is 5.74. The lowest BCUT2D eigenvalue weighted by atomic mass is 9.92. The van der Waals surface area contributed by atoms with E-state index in [2.05, 4.69) is 26.1 Å². The molecule has 0 unspecified atom stereocenters. The number of esters is 1. The van der Waals surface area contributed by atoms with E-state index < -0.39 is 6.09 Å². The van der Waals surface area contributed by atoms with E-state index in [1.807, 2.05) is 66.7 Å². The van der Waals surface area contributed by atoms with Crippen molar-refractivity contribution in [1.82, 2.24) is 9.78 Å². The average Bonchev–Trinajstić information content (AvgIpc) is 3.27. The maximum atomic E-state index is 12.8. The number of anilines is 1. The molecule has 7 nitrogen and oxygen atoms in total. The summed E-state index contributed by atoms with van der Waals surface area (Å²) in [5.74, 6) is 0.754. The lowest BCUT2D eigenvalue weighted by Crippen LogP contribution is -2.19. The van der Waals surface area contributed by atoms with E-state index in [-0.39, 0.29) is 11.4 Å². The van der Waals surface area contributed by atoms with Gasteiger partial charge in [0, 0.05) is 17.9 Å². The quantitative estimate of drug-likeness (QED) is 0.305. The van der Waals surface area contributed by atoms with Crippen molar-refractivity contribution in [2.45, 2.75) is 46.0 Å². The molecule has 36 heavy (non-hydrogen) atoms. The van der Waals surface area contributed by atoms with Crippen molar-refractivity contribution in [3.05, 3.63) is 84.1 Å². The van der Waals surface area contributed by atoms with Gasteiger partial charge in [0.1, 0.15) is 11.6 Å². The Labute approximate surface area is 211 Å². The lowest BCUT2D eigenvalue weighted by molar-refractivity contribution is -0.143. The Hall–Kier alpha value is -4.13. The lowest BCUT2D eigenvalue weighted by Gasteiger charge is -2.14. The monoisotopic (exact) mass is 485 g/mol. The number of carbonyl (C=O) groups excluding carboxylic acids is 2. The fraction of sp³-hybridized carbons (Fsp3) is 0.276. The minimum absolute atomic E-state index is 0.208. The van der Waals surface area contributed by atoms with Gasteiger partial charge in [-0.05, 0) is 53.9 Å². The van der Waals surface area contributed by atoms with Gasteiger partial charge in [0.15, 0.2) is 0 Å². The van der Waals surface area contributed by atoms with E-state index in [9.17, 15) is 9.59 Å². The Balaban J connectivity index is 1.53. The summed E-state index contributed by atoms with van der Waals surface area (Å²) in [6.07, 6.45) is 0.323. The molecule has 7 heteroatoms. The average molecular weight is 486 g/mol. The summed E-state index contributed by atoms with van der Waals surface area (Å²) in [5.41, 5.74) is 2.41. The van der Waals surface area contributed by atoms with Gasteiger partial charge >= 0.3 is 12.1 Å². The van der Waals surface area contributed by atoms with Crippen LogP contribution in [0.1, 0.15) is 45.4 Å². The number of aromatic nitrogens is 2. The second-order valence-corrected chi connectivity index (χ2v) is 9.57. The number of hydrogen-bond donors (Lipinski definition) is 1. The van der Waals surface area contributed by atoms with Crippen LogP contribution in [0.15, 0.2) is 72.8 Å². The standard InChI is InChI=1S/C29H31N3O4/c1-5-35-27(33)17-12-20-10-14-23(15-11-20)32-26(19-25(31-32)29(2,3)4)30-28(34)36-24-16-13-21-8-6-7-9-22(21)18-24/h6-11,13-16,18-19H,5,12,17H2,1-4H3,(H,30,34). The highest BCUT2D eigenvalue weighted by Gasteiger charge is 2.22. The van der Waals surface area contributed by atoms with Crippen LogP contribution in [0.5, 0.6) is 5.75 Å². The van der Waals surface area contributed by atoms with E-state index in [1.54, 1.807) is 17.7 Å². The molecular weight excluding hydrogens is 454 g/mol. The van der Waals surface area contributed by atoms with Crippen LogP contribution in [-0.2, 0) is 21.4 Å². The van der Waals surface area contributed by atoms with Crippen LogP contribution in [0.25, 0.3) is 16.5 Å². The van der Waals surface area contributed by atoms with E-state index in [0.29, 0.717) is 31.0 Å². The van der Waals surface area contributed by atoms with E-state index in [4.69, 9.17) is 14.6 Å². The predicted molar refractivity (Wildman–Crippen MR) is 141 cm³/mol. The van der Waals surface area contributed by atoms with Crippen molar-refractivity contribution in [3.8, 4) is 11.4 Å². The van der Waals surface area contributed by atoms with Gasteiger partial charge in [-0.25, -0.2) is 9.48 Å². The van der Waals surface area contributed by atoms with Crippen LogP contribution in [-0.4, -0.2) is 28.4 Å². The van der Waals surface area contributed by atoms with Gasteiger partial charge in [-0.3, -0.25) is 10.1 Å². The number of amides is 1. The fourth-order valence-electron chi connectivity index (χ4n) is 3.78. The van der Waals surface area contributed by atoms with Crippen molar-refractivity contribution in [2.24, 2.45) is 0 Å². The second kappa shape index (κ2) is 10.6. The molecular formula is C29H31N3O4. The Morgan fingerprint density at radius 2 is 1.67 bits per heavy atom. The van der Waals surface area contributed by atoms with Crippen molar-refractivity contribution in [2.75, 3.05) is 11.9 Å². The molecule has 0 bridgehead atoms. The van der Waals surface area contributed by atoms with Crippen LogP contribution < -0.4 is 10.1 Å². The van der Waals surface area contributed by atoms with Crippen molar-refractivity contribution in [1.29, 1.82) is 0 Å². The minimum atomic E-state index is -0.599. The Bertz CT molecular complexity index is 1370. The molecule has 186 valence electrons. The summed E-state index contributed by atoms with van der Waals surface area (Å²) < 4.78 is 12.3. The smallest absolute Gasteiger partial charge is 0.418 e. The number of hydrogen-bond acceptors (Lipinski definition) is 5. The van der Waals surface area contributed by atoms with Gasteiger partial charge in [-0.15, -0.1) is 0 Å². The molecule has 1 amide bonds. The number of aryl methyl sites for hydroxylation is 1. The van der Waals surface area contributed by atoms with E-state index in [0.717, 1.165) is 27.7 Å². The molecule has 0 fully saturated rings. The molecule has 1 heterocycles. The highest BCUT2D eigenvalue weighted by molar-refractivity contribution is 5.88. The molecule has 4 aromatic rings. The largest absolute Gasteiger partial charge is 0.466 e. The molecule has 3 aromatic carbocycles. The van der Waals surface area contributed by atoms with Gasteiger partial charge in [-0.1, -0.05) is 63.2 Å². The predicted octanol–water partition coefficient (Wildman–Crippen LogP) is 6.43. The number of nitrogens with one attached hydrogen (secondary N) is 1. The first kappa shape index (κ1) is 25.0. The molecule has 0 radical (unpaired) electrons. The van der Waals surface area contributed by atoms with Gasteiger partial charge in [0.2, 0.25) is 0 Å². The Morgan fingerprint density at radius 3 is 2.36 bits per heavy atom. The molecule has 0 saturated heterocycles. The number of carbonyl (C=O) groups is 2. The summed E-state index contributed by atoms with van der Waals surface area (Å²) in [6, 6.07) is 23.0. The third kappa shape index (κ3) is 6.10. The maximum Gasteiger partial charge on any atom is 0.418 e. The molecule has 0 atom stereocenters. The Kier molecular flexibility index (Phi) is 7.38. The summed E-state index contributed by atoms with van der Waals surface area (Å²) in [5, 5.41) is 9.66. The van der Waals surface area contributed by atoms with Crippen molar-refractivity contribution >= 4 is 28.7 Å². The van der Waals surface area contributed by atoms with Crippen LogP contribution in [0.4, 0.5) is 10.6 Å². The number of nitrogens with zero attached hydrogens (tertiary/aromatic N) is 2. The van der Waals surface area contributed by atoms with E-state index in [1.165, 1.54) is 0 Å². The molecule has 0 aliphatic carbocycles. The third-order valence-electron chi connectivity index (χ3n) is 5.74. The summed E-state index contributed by atoms with van der Waals surface area (Å²) in [6.45, 7) is 8.37. The van der Waals surface area contributed by atoms with Crippen LogP contribution in [0.3, 0.4) is 0 Å². The van der Waals surface area contributed by atoms with Gasteiger partial charge in [0.25, 0.3) is 0 Å². The number of fused-ring (bicyclic) bond motifs is 1. The maximum absolute atomic E-state index is 12.8. The van der Waals surface area contributed by atoms with Gasteiger partial charge in [0.05, 0.1) is 18.0 Å². The van der Waals surface area contributed by atoms with Gasteiger partial charge < -0.3 is 9.47 Å². The van der Waals surface area contributed by atoms with E-state index >= 15 is 0 Å². The molecule has 0 aliphatic rings. The van der Waals surface area contributed by atoms with Crippen LogP contribution in [0, 0.1) is 0 Å². The summed E-state index contributed by atoms with van der Waals surface area (Å²) in [7, 11) is 0. The van der Waals surface area contributed by atoms with Crippen molar-refractivity contribution in [3.63, 3.8) is 0 Å². The zero-order valence-corrected chi connectivity index (χ0v) is 21.1. The number of ether oxygens (including phenoxy) is 2. The normalized spacial score (nSPS) is 11.3. The van der Waals surface area contributed by atoms with Crippen LogP contribution >= 0.6 is 0 Å². The molecule has 1 N–H and O–H groups in total. The van der Waals surface area contributed by atoms with Crippen LogP contribution in [0.2, 0.25) is 0 Å². The minimum Gasteiger partial charge on any atom is -0.466 e. The number of rotatable bonds is 7. The highest BCUT2D eigenvalue weighted by atomic mass is 16.6. The molecule has 0 saturated carbocycles. The summed E-state index contributed by atoms with van der Waals surface area (Å²) >= 11 is 0. The zero-order valence-electron chi connectivity index (χ0n) is 21.1. The summed E-state index contributed by atoms with van der Waals surface area (Å²) in [4.78, 5) is 24.5. The zero-order chi connectivity index (χ0) is 25.7. The first-order valence-corrected chi connectivity index (χ1v) is 12.1. The molecule has 0 spiro atoms. The number of benzene rings is 3. The first-order chi connectivity index (χ1) is 17.2. The van der Waals surface area contributed by atoms with Gasteiger partial charge in [-0.2, -0.15) is 5.10 Å². The van der Waals surface area contributed by atoms with Crippen molar-refractivity contribution < 1.29 is 19.1 Å². The molecule has 4 rings (SSSR count). The SMILES string of the molecule is CCOC(=O)CCc1ccc(-n2nc(C(C)(C)C)cc2NC(=O)Oc2ccc3ccccc3c2)cc1. The molecule has 0 aliphatic heterocycles.